The van der Waals surface area contributed by atoms with E-state index in [1.165, 1.54) is 11.8 Å². The van der Waals surface area contributed by atoms with E-state index in [4.69, 9.17) is 5.11 Å². The van der Waals surface area contributed by atoms with Gasteiger partial charge < -0.3 is 5.11 Å². The maximum absolute atomic E-state index is 11.7. The molecule has 1 aliphatic heterocycles. The first-order valence-electron chi connectivity index (χ1n) is 4.80. The van der Waals surface area contributed by atoms with E-state index in [0.29, 0.717) is 30.8 Å². The maximum atomic E-state index is 11.7. The van der Waals surface area contributed by atoms with Gasteiger partial charge >= 0.3 is 5.97 Å². The summed E-state index contributed by atoms with van der Waals surface area (Å²) >= 11 is 1.47. The van der Waals surface area contributed by atoms with Gasteiger partial charge in [-0.2, -0.15) is 16.5 Å². The molecule has 2 aliphatic rings. The van der Waals surface area contributed by atoms with Crippen LogP contribution in [-0.4, -0.2) is 41.8 Å². The van der Waals surface area contributed by atoms with E-state index in [1.807, 2.05) is 0 Å². The zero-order valence-electron chi connectivity index (χ0n) is 8.10. The number of carboxylic acid groups (broad SMARTS) is 1. The maximum Gasteiger partial charge on any atom is 0.325 e. The first kappa shape index (κ1) is 11.2. The number of aliphatic carboxylic acids is 1. The molecule has 0 bridgehead atoms. The lowest BCUT2D eigenvalue weighted by Crippen LogP contribution is -2.55. The lowest BCUT2D eigenvalue weighted by atomic mass is 10.0. The van der Waals surface area contributed by atoms with Gasteiger partial charge in [0, 0.05) is 5.75 Å². The number of sulfonamides is 1. The van der Waals surface area contributed by atoms with Gasteiger partial charge in [-0.25, -0.2) is 8.42 Å². The molecule has 0 spiro atoms. The molecular formula is C8H13NO4S2. The fourth-order valence-corrected chi connectivity index (χ4v) is 4.74. The summed E-state index contributed by atoms with van der Waals surface area (Å²) in [5, 5.41) is 8.73. The normalized spacial score (nSPS) is 31.7. The Labute approximate surface area is 92.7 Å². The zero-order chi connectivity index (χ0) is 11.1. The highest BCUT2D eigenvalue weighted by Gasteiger charge is 2.48. The summed E-state index contributed by atoms with van der Waals surface area (Å²) in [6.07, 6.45) is 1.68. The Balaban J connectivity index is 2.16. The molecule has 1 unspecified atom stereocenters. The predicted octanol–water partition coefficient (Wildman–Crippen LogP) is 0.0285. The van der Waals surface area contributed by atoms with Gasteiger partial charge in [0.05, 0.1) is 5.25 Å². The zero-order valence-corrected chi connectivity index (χ0v) is 9.73. The summed E-state index contributed by atoms with van der Waals surface area (Å²) in [6, 6.07) is 0. The number of nitrogens with one attached hydrogen (secondary N) is 1. The second-order valence-corrected chi connectivity index (χ2v) is 7.10. The summed E-state index contributed by atoms with van der Waals surface area (Å²) in [5.74, 6) is -0.0370. The summed E-state index contributed by atoms with van der Waals surface area (Å²) in [7, 11) is -3.42. The van der Waals surface area contributed by atoms with E-state index < -0.39 is 21.5 Å². The van der Waals surface area contributed by atoms with Crippen LogP contribution in [0, 0.1) is 0 Å². The van der Waals surface area contributed by atoms with Crippen molar-refractivity contribution in [3.8, 4) is 0 Å². The van der Waals surface area contributed by atoms with Crippen molar-refractivity contribution >= 4 is 27.8 Å². The Morgan fingerprint density at radius 3 is 2.53 bits per heavy atom. The Morgan fingerprint density at radius 1 is 1.47 bits per heavy atom. The molecule has 0 aromatic heterocycles. The second kappa shape index (κ2) is 3.64. The van der Waals surface area contributed by atoms with Crippen LogP contribution in [0.2, 0.25) is 0 Å². The number of hydrogen-bond acceptors (Lipinski definition) is 4. The molecule has 1 heterocycles. The summed E-state index contributed by atoms with van der Waals surface area (Å²) in [4.78, 5) is 11.1. The van der Waals surface area contributed by atoms with Crippen LogP contribution in [0.15, 0.2) is 0 Å². The topological polar surface area (TPSA) is 83.5 Å². The summed E-state index contributed by atoms with van der Waals surface area (Å²) in [5.41, 5.74) is -1.26. The van der Waals surface area contributed by atoms with Gasteiger partial charge in [0.2, 0.25) is 10.0 Å². The molecule has 7 heteroatoms. The highest BCUT2D eigenvalue weighted by molar-refractivity contribution is 7.99. The minimum atomic E-state index is -3.42. The van der Waals surface area contributed by atoms with Crippen LogP contribution in [0.3, 0.4) is 0 Å². The first-order chi connectivity index (χ1) is 6.96. The first-order valence-corrected chi connectivity index (χ1v) is 7.50. The van der Waals surface area contributed by atoms with Crippen molar-refractivity contribution < 1.29 is 18.3 Å². The Kier molecular flexibility index (Phi) is 2.72. The van der Waals surface area contributed by atoms with E-state index in [1.54, 1.807) is 0 Å². The third kappa shape index (κ3) is 2.14. The SMILES string of the molecule is O=C(O)C1(NS(=O)(=O)C2CC2)CCSC1. The van der Waals surface area contributed by atoms with E-state index in [2.05, 4.69) is 4.72 Å². The van der Waals surface area contributed by atoms with Crippen molar-refractivity contribution in [3.05, 3.63) is 0 Å². The highest BCUT2D eigenvalue weighted by atomic mass is 32.2. The van der Waals surface area contributed by atoms with Gasteiger partial charge in [0.1, 0.15) is 5.54 Å². The third-order valence-corrected chi connectivity index (χ3v) is 5.95. The van der Waals surface area contributed by atoms with Crippen molar-refractivity contribution in [3.63, 3.8) is 0 Å². The Bertz CT molecular complexity index is 368. The molecule has 1 atom stereocenters. The average molecular weight is 251 g/mol. The molecule has 0 aromatic carbocycles. The van der Waals surface area contributed by atoms with Crippen LogP contribution >= 0.6 is 11.8 Å². The van der Waals surface area contributed by atoms with Crippen LogP contribution in [0.25, 0.3) is 0 Å². The van der Waals surface area contributed by atoms with Crippen molar-refractivity contribution in [2.45, 2.75) is 30.1 Å². The molecule has 1 saturated carbocycles. The fraction of sp³-hybridized carbons (Fsp3) is 0.875. The van der Waals surface area contributed by atoms with Gasteiger partial charge in [-0.1, -0.05) is 0 Å². The standard InChI is InChI=1S/C8H13NO4S2/c10-7(11)8(3-4-14-5-8)9-15(12,13)6-1-2-6/h6,9H,1-5H2,(H,10,11). The largest absolute Gasteiger partial charge is 0.480 e. The number of hydrogen-bond donors (Lipinski definition) is 2. The van der Waals surface area contributed by atoms with Crippen molar-refractivity contribution in [1.82, 2.24) is 4.72 Å². The minimum Gasteiger partial charge on any atom is -0.480 e. The van der Waals surface area contributed by atoms with Gasteiger partial charge in [-0.3, -0.25) is 4.79 Å². The van der Waals surface area contributed by atoms with E-state index in [9.17, 15) is 13.2 Å². The molecule has 2 N–H and O–H groups in total. The number of carbonyl (C=O) groups is 1. The average Bonchev–Trinajstić information content (AvgIpc) is 2.89. The molecule has 0 amide bonds. The van der Waals surface area contributed by atoms with Gasteiger partial charge in [0.15, 0.2) is 0 Å². The van der Waals surface area contributed by atoms with Crippen molar-refractivity contribution in [2.24, 2.45) is 0 Å². The molecule has 15 heavy (non-hydrogen) atoms. The molecule has 2 rings (SSSR count). The van der Waals surface area contributed by atoms with Crippen LogP contribution in [-0.2, 0) is 14.8 Å². The molecule has 0 radical (unpaired) electrons. The predicted molar refractivity (Wildman–Crippen MR) is 57.4 cm³/mol. The van der Waals surface area contributed by atoms with Crippen LogP contribution < -0.4 is 4.72 Å². The lowest BCUT2D eigenvalue weighted by molar-refractivity contribution is -0.142. The summed E-state index contributed by atoms with van der Waals surface area (Å²) < 4.78 is 25.7. The van der Waals surface area contributed by atoms with Crippen LogP contribution in [0.1, 0.15) is 19.3 Å². The fourth-order valence-electron chi connectivity index (χ4n) is 1.59. The number of thioether (sulfide) groups is 1. The van der Waals surface area contributed by atoms with E-state index in [-0.39, 0.29) is 5.25 Å². The van der Waals surface area contributed by atoms with E-state index >= 15 is 0 Å². The van der Waals surface area contributed by atoms with Crippen LogP contribution in [0.4, 0.5) is 0 Å². The van der Waals surface area contributed by atoms with Crippen molar-refractivity contribution in [1.29, 1.82) is 0 Å². The second-order valence-electron chi connectivity index (χ2n) is 4.04. The van der Waals surface area contributed by atoms with Crippen molar-refractivity contribution in [2.75, 3.05) is 11.5 Å². The number of rotatable bonds is 4. The Morgan fingerprint density at radius 2 is 2.13 bits per heavy atom. The smallest absolute Gasteiger partial charge is 0.325 e. The minimum absolute atomic E-state index is 0.328. The lowest BCUT2D eigenvalue weighted by Gasteiger charge is -2.24. The molecule has 2 fully saturated rings. The van der Waals surface area contributed by atoms with Gasteiger partial charge in [0.25, 0.3) is 0 Å². The van der Waals surface area contributed by atoms with Gasteiger partial charge in [-0.15, -0.1) is 0 Å². The third-order valence-electron chi connectivity index (χ3n) is 2.73. The van der Waals surface area contributed by atoms with Crippen LogP contribution in [0.5, 0.6) is 0 Å². The quantitative estimate of drug-likeness (QED) is 0.736. The molecule has 5 nitrogen and oxygen atoms in total. The Hall–Kier alpha value is -0.270. The molecular weight excluding hydrogens is 238 g/mol. The molecule has 86 valence electrons. The van der Waals surface area contributed by atoms with Gasteiger partial charge in [-0.05, 0) is 25.0 Å². The summed E-state index contributed by atoms with van der Waals surface area (Å²) in [6.45, 7) is 0. The van der Waals surface area contributed by atoms with E-state index in [0.717, 1.165) is 0 Å². The molecule has 0 aromatic rings. The monoisotopic (exact) mass is 251 g/mol. The number of carboxylic acids is 1. The highest BCUT2D eigenvalue weighted by Crippen LogP contribution is 2.33. The molecule has 1 saturated heterocycles. The molecule has 1 aliphatic carbocycles.